The number of rotatable bonds is 6. The Bertz CT molecular complexity index is 696. The van der Waals surface area contributed by atoms with Crippen molar-refractivity contribution in [1.29, 1.82) is 0 Å². The minimum Gasteiger partial charge on any atom is -0.495 e. The Labute approximate surface area is 166 Å². The van der Waals surface area contributed by atoms with Gasteiger partial charge < -0.3 is 19.5 Å². The van der Waals surface area contributed by atoms with Crippen LogP contribution in [0.3, 0.4) is 0 Å². The highest BCUT2D eigenvalue weighted by Gasteiger charge is 2.26. The minimum atomic E-state index is -0.946. The summed E-state index contributed by atoms with van der Waals surface area (Å²) in [6.07, 6.45) is -0.575. The Morgan fingerprint density at radius 2 is 1.81 bits per heavy atom. The highest BCUT2D eigenvalue weighted by atomic mass is 127. The number of amides is 1. The molecule has 0 aliphatic rings. The molecule has 0 heterocycles. The number of hydrogen-bond acceptors (Lipinski definition) is 6. The third kappa shape index (κ3) is 6.47. The number of hydrogen-bond donors (Lipinski definition) is 1. The number of benzene rings is 1. The number of esters is 1. The highest BCUT2D eigenvalue weighted by Crippen LogP contribution is 2.28. The first-order valence-electron chi connectivity index (χ1n) is 7.93. The van der Waals surface area contributed by atoms with E-state index in [1.807, 2.05) is 0 Å². The van der Waals surface area contributed by atoms with Crippen molar-refractivity contribution in [2.24, 2.45) is 0 Å². The largest absolute Gasteiger partial charge is 0.495 e. The fourth-order valence-corrected chi connectivity index (χ4v) is 3.17. The van der Waals surface area contributed by atoms with Crippen LogP contribution in [-0.2, 0) is 20.7 Å². The lowest BCUT2D eigenvalue weighted by Crippen LogP contribution is -2.45. The number of Topliss-reactive ketones (excluding diaryl/α,β-unsaturated/α-hetero) is 1. The molecule has 26 heavy (non-hydrogen) atoms. The van der Waals surface area contributed by atoms with E-state index in [0.29, 0.717) is 16.9 Å². The maximum atomic E-state index is 12.1. The zero-order chi connectivity index (χ0) is 20.1. The molecule has 0 aliphatic heterocycles. The maximum absolute atomic E-state index is 12.1. The van der Waals surface area contributed by atoms with E-state index in [2.05, 4.69) is 27.9 Å². The smallest absolute Gasteiger partial charge is 0.408 e. The van der Waals surface area contributed by atoms with Gasteiger partial charge in [0.1, 0.15) is 17.4 Å². The van der Waals surface area contributed by atoms with Crippen LogP contribution in [0.15, 0.2) is 12.1 Å². The van der Waals surface area contributed by atoms with Gasteiger partial charge in [-0.15, -0.1) is 0 Å². The summed E-state index contributed by atoms with van der Waals surface area (Å²) in [4.78, 5) is 35.9. The molecule has 0 unspecified atom stereocenters. The molecule has 0 saturated carbocycles. The van der Waals surface area contributed by atoms with Crippen molar-refractivity contribution in [1.82, 2.24) is 5.32 Å². The fraction of sp³-hybridized carbons (Fsp3) is 0.500. The summed E-state index contributed by atoms with van der Waals surface area (Å²) in [6.45, 7) is 6.62. The zero-order valence-electron chi connectivity index (χ0n) is 15.8. The van der Waals surface area contributed by atoms with Crippen LogP contribution in [0, 0.1) is 3.57 Å². The van der Waals surface area contributed by atoms with Crippen molar-refractivity contribution < 1.29 is 28.6 Å². The van der Waals surface area contributed by atoms with Crippen molar-refractivity contribution >= 4 is 40.4 Å². The van der Waals surface area contributed by atoms with Crippen molar-refractivity contribution in [3.8, 4) is 5.75 Å². The summed E-state index contributed by atoms with van der Waals surface area (Å²) >= 11 is 2.06. The van der Waals surface area contributed by atoms with Crippen LogP contribution in [0.25, 0.3) is 0 Å². The molecule has 1 N–H and O–H groups in total. The molecule has 1 atom stereocenters. The number of methoxy groups -OCH3 is 2. The molecular weight excluding hydrogens is 453 g/mol. The first-order valence-corrected chi connectivity index (χ1v) is 9.01. The lowest BCUT2D eigenvalue weighted by Gasteiger charge is -2.23. The van der Waals surface area contributed by atoms with E-state index < -0.39 is 23.7 Å². The van der Waals surface area contributed by atoms with Crippen molar-refractivity contribution in [3.05, 3.63) is 26.8 Å². The second kappa shape index (κ2) is 9.20. The monoisotopic (exact) mass is 477 g/mol. The number of halogens is 1. The molecule has 0 radical (unpaired) electrons. The number of ketones is 1. The maximum Gasteiger partial charge on any atom is 0.408 e. The fourth-order valence-electron chi connectivity index (χ4n) is 2.26. The van der Waals surface area contributed by atoms with Gasteiger partial charge in [-0.05, 0) is 68.0 Å². The Morgan fingerprint density at radius 3 is 2.27 bits per heavy atom. The van der Waals surface area contributed by atoms with Gasteiger partial charge in [-0.2, -0.15) is 0 Å². The second-order valence-electron chi connectivity index (χ2n) is 6.64. The van der Waals surface area contributed by atoms with Crippen LogP contribution in [0.1, 0.15) is 43.6 Å². The third-order valence-corrected chi connectivity index (χ3v) is 4.10. The number of alkyl carbamates (subject to hydrolysis) is 1. The predicted molar refractivity (Wildman–Crippen MR) is 105 cm³/mol. The molecular formula is C18H24INO6. The average Bonchev–Trinajstić information content (AvgIpc) is 2.51. The first-order chi connectivity index (χ1) is 12.0. The van der Waals surface area contributed by atoms with Crippen molar-refractivity contribution in [2.75, 3.05) is 14.2 Å². The summed E-state index contributed by atoms with van der Waals surface area (Å²) in [5, 5.41) is 2.52. The van der Waals surface area contributed by atoms with E-state index in [4.69, 9.17) is 14.2 Å². The summed E-state index contributed by atoms with van der Waals surface area (Å²) in [5.41, 5.74) is 0.407. The topological polar surface area (TPSA) is 90.9 Å². The Kier molecular flexibility index (Phi) is 7.86. The average molecular weight is 477 g/mol. The molecule has 144 valence electrons. The van der Waals surface area contributed by atoms with Crippen molar-refractivity contribution in [3.63, 3.8) is 0 Å². The number of carbonyl (C=O) groups is 3. The molecule has 0 bridgehead atoms. The van der Waals surface area contributed by atoms with E-state index in [-0.39, 0.29) is 12.2 Å². The molecule has 1 rings (SSSR count). The van der Waals surface area contributed by atoms with E-state index >= 15 is 0 Å². The predicted octanol–water partition coefficient (Wildman–Crippen LogP) is 3.11. The van der Waals surface area contributed by atoms with Gasteiger partial charge >= 0.3 is 12.1 Å². The lowest BCUT2D eigenvalue weighted by molar-refractivity contribution is -0.143. The molecule has 7 nitrogen and oxygen atoms in total. The van der Waals surface area contributed by atoms with E-state index in [9.17, 15) is 14.4 Å². The molecule has 1 aromatic rings. The Morgan fingerprint density at radius 1 is 1.19 bits per heavy atom. The Hall–Kier alpha value is -1.84. The summed E-state index contributed by atoms with van der Waals surface area (Å²) in [5.74, 6) is -0.279. The van der Waals surface area contributed by atoms with E-state index in [0.717, 1.165) is 3.57 Å². The molecule has 0 spiro atoms. The standard InChI is InChI=1S/C18H24INO6/c1-10(21)12-7-11(8-13(19)15(12)24-5)9-14(16(22)25-6)20-17(23)26-18(2,3)4/h7-8,14H,9H2,1-6H3,(H,20,23)/t14-/m0/s1. The zero-order valence-corrected chi connectivity index (χ0v) is 17.9. The van der Waals surface area contributed by atoms with Gasteiger partial charge in [0.05, 0.1) is 23.4 Å². The van der Waals surface area contributed by atoms with Crippen molar-refractivity contribution in [2.45, 2.75) is 45.8 Å². The number of carbonyl (C=O) groups excluding carboxylic acids is 3. The molecule has 0 aromatic heterocycles. The van der Waals surface area contributed by atoms with Gasteiger partial charge in [0.25, 0.3) is 0 Å². The number of nitrogens with one attached hydrogen (secondary N) is 1. The van der Waals surface area contributed by atoms with Gasteiger partial charge in [-0.1, -0.05) is 0 Å². The molecule has 0 aliphatic carbocycles. The van der Waals surface area contributed by atoms with Crippen LogP contribution in [-0.4, -0.2) is 43.7 Å². The number of ether oxygens (including phenoxy) is 3. The molecule has 1 amide bonds. The van der Waals surface area contributed by atoms with Gasteiger partial charge in [0, 0.05) is 6.42 Å². The van der Waals surface area contributed by atoms with Gasteiger partial charge in [-0.25, -0.2) is 9.59 Å². The molecule has 8 heteroatoms. The van der Waals surface area contributed by atoms with E-state index in [1.165, 1.54) is 21.1 Å². The Balaban J connectivity index is 3.10. The summed E-state index contributed by atoms with van der Waals surface area (Å²) in [7, 11) is 2.73. The molecule has 0 fully saturated rings. The minimum absolute atomic E-state index is 0.145. The SMILES string of the molecule is COC(=O)[C@H](Cc1cc(I)c(OC)c(C(C)=O)c1)NC(=O)OC(C)(C)C. The summed E-state index contributed by atoms with van der Waals surface area (Å²) < 4.78 is 16.0. The second-order valence-corrected chi connectivity index (χ2v) is 7.80. The van der Waals surface area contributed by atoms with Gasteiger partial charge in [0.2, 0.25) is 0 Å². The summed E-state index contributed by atoms with van der Waals surface area (Å²) in [6, 6.07) is 2.49. The highest BCUT2D eigenvalue weighted by molar-refractivity contribution is 14.1. The van der Waals surface area contributed by atoms with E-state index in [1.54, 1.807) is 32.9 Å². The van der Waals surface area contributed by atoms with Crippen LogP contribution in [0.2, 0.25) is 0 Å². The molecule has 1 aromatic carbocycles. The normalized spacial score (nSPS) is 12.1. The van der Waals surface area contributed by atoms with Crippen LogP contribution in [0.5, 0.6) is 5.75 Å². The van der Waals surface area contributed by atoms with Crippen LogP contribution < -0.4 is 10.1 Å². The van der Waals surface area contributed by atoms with Crippen LogP contribution in [0.4, 0.5) is 4.79 Å². The first kappa shape index (κ1) is 22.2. The third-order valence-electron chi connectivity index (χ3n) is 3.30. The molecule has 0 saturated heterocycles. The van der Waals surface area contributed by atoms with Gasteiger partial charge in [0.15, 0.2) is 5.78 Å². The van der Waals surface area contributed by atoms with Gasteiger partial charge in [-0.3, -0.25) is 4.79 Å². The lowest BCUT2D eigenvalue weighted by atomic mass is 10.0. The quantitative estimate of drug-likeness (QED) is 0.385. The van der Waals surface area contributed by atoms with Crippen LogP contribution >= 0.6 is 22.6 Å².